The number of amidine groups is 1. The molecule has 0 saturated carbocycles. The summed E-state index contributed by atoms with van der Waals surface area (Å²) in [6.45, 7) is 3.86. The van der Waals surface area contributed by atoms with Gasteiger partial charge < -0.3 is 10.1 Å². The van der Waals surface area contributed by atoms with Crippen molar-refractivity contribution in [1.82, 2.24) is 10.3 Å². The molecule has 2 aromatic rings. The van der Waals surface area contributed by atoms with Crippen LogP contribution in [0.1, 0.15) is 18.2 Å². The van der Waals surface area contributed by atoms with Crippen molar-refractivity contribution in [2.24, 2.45) is 4.99 Å². The summed E-state index contributed by atoms with van der Waals surface area (Å²) in [5, 5.41) is 3.40. The molecule has 4 nitrogen and oxygen atoms in total. The molecule has 1 unspecified atom stereocenters. The van der Waals surface area contributed by atoms with Gasteiger partial charge in [0.15, 0.2) is 0 Å². The zero-order valence-electron chi connectivity index (χ0n) is 12.3. The summed E-state index contributed by atoms with van der Waals surface area (Å²) in [7, 11) is 1.68. The topological polar surface area (TPSA) is 46.5 Å². The number of methoxy groups -OCH3 is 1. The number of pyridine rings is 1. The molecule has 0 aliphatic carbocycles. The Morgan fingerprint density at radius 1 is 1.14 bits per heavy atom. The van der Waals surface area contributed by atoms with E-state index in [0.29, 0.717) is 0 Å². The van der Waals surface area contributed by atoms with Gasteiger partial charge in [0.2, 0.25) is 0 Å². The molecule has 1 N–H and O–H groups in total. The zero-order valence-corrected chi connectivity index (χ0v) is 12.3. The van der Waals surface area contributed by atoms with E-state index in [-0.39, 0.29) is 5.41 Å². The van der Waals surface area contributed by atoms with E-state index in [0.717, 1.165) is 35.9 Å². The Labute approximate surface area is 124 Å². The minimum atomic E-state index is -0.371. The summed E-state index contributed by atoms with van der Waals surface area (Å²) in [5.41, 5.74) is 1.77. The lowest BCUT2D eigenvalue weighted by Crippen LogP contribution is -2.41. The molecule has 108 valence electrons. The highest BCUT2D eigenvalue weighted by molar-refractivity contribution is 5.96. The fraction of sp³-hybridized carbons (Fsp3) is 0.294. The lowest BCUT2D eigenvalue weighted by molar-refractivity contribution is 0.414. The molecule has 0 spiro atoms. The van der Waals surface area contributed by atoms with Crippen molar-refractivity contribution in [2.45, 2.75) is 12.3 Å². The molecule has 1 aromatic carbocycles. The Hall–Kier alpha value is -2.36. The highest BCUT2D eigenvalue weighted by atomic mass is 16.5. The quantitative estimate of drug-likeness (QED) is 0.936. The van der Waals surface area contributed by atoms with Crippen LogP contribution in [0.4, 0.5) is 0 Å². The van der Waals surface area contributed by atoms with Gasteiger partial charge in [0.25, 0.3) is 0 Å². The van der Waals surface area contributed by atoms with Gasteiger partial charge in [-0.1, -0.05) is 18.2 Å². The van der Waals surface area contributed by atoms with E-state index in [1.54, 1.807) is 7.11 Å². The summed E-state index contributed by atoms with van der Waals surface area (Å²) < 4.78 is 5.25. The van der Waals surface area contributed by atoms with Crippen molar-refractivity contribution in [2.75, 3.05) is 20.2 Å². The number of nitrogens with zero attached hydrogens (tertiary/aromatic N) is 2. The molecule has 2 heterocycles. The number of nitrogens with one attached hydrogen (secondary N) is 1. The molecule has 1 aliphatic rings. The second-order valence-corrected chi connectivity index (χ2v) is 5.23. The van der Waals surface area contributed by atoms with Crippen LogP contribution < -0.4 is 10.1 Å². The van der Waals surface area contributed by atoms with Crippen molar-refractivity contribution in [3.05, 3.63) is 59.9 Å². The number of aromatic nitrogens is 1. The van der Waals surface area contributed by atoms with Gasteiger partial charge in [0.1, 0.15) is 11.6 Å². The third-order valence-corrected chi connectivity index (χ3v) is 3.99. The summed E-state index contributed by atoms with van der Waals surface area (Å²) in [4.78, 5) is 9.20. The zero-order chi connectivity index (χ0) is 14.7. The molecule has 21 heavy (non-hydrogen) atoms. The minimum Gasteiger partial charge on any atom is -0.497 e. The largest absolute Gasteiger partial charge is 0.497 e. The molecule has 1 atom stereocenters. The van der Waals surface area contributed by atoms with E-state index in [9.17, 15) is 0 Å². The molecule has 1 aliphatic heterocycles. The predicted octanol–water partition coefficient (Wildman–Crippen LogP) is 2.40. The van der Waals surface area contributed by atoms with Crippen LogP contribution >= 0.6 is 0 Å². The van der Waals surface area contributed by atoms with E-state index in [2.05, 4.69) is 34.3 Å². The Kier molecular flexibility index (Phi) is 3.60. The molecule has 0 radical (unpaired) electrons. The van der Waals surface area contributed by atoms with Gasteiger partial charge in [0, 0.05) is 12.7 Å². The third kappa shape index (κ3) is 2.37. The van der Waals surface area contributed by atoms with Crippen LogP contribution in [0.25, 0.3) is 0 Å². The van der Waals surface area contributed by atoms with Crippen molar-refractivity contribution in [3.8, 4) is 5.75 Å². The lowest BCUT2D eigenvalue weighted by Gasteiger charge is -2.30. The Bertz CT molecular complexity index is 637. The second-order valence-electron chi connectivity index (χ2n) is 5.23. The van der Waals surface area contributed by atoms with Crippen molar-refractivity contribution < 1.29 is 4.74 Å². The fourth-order valence-corrected chi connectivity index (χ4v) is 2.72. The van der Waals surface area contributed by atoms with Crippen LogP contribution in [0.15, 0.2) is 53.7 Å². The molecule has 0 fully saturated rings. The number of benzene rings is 1. The van der Waals surface area contributed by atoms with E-state index in [4.69, 9.17) is 4.74 Å². The molecular weight excluding hydrogens is 262 g/mol. The predicted molar refractivity (Wildman–Crippen MR) is 84.0 cm³/mol. The van der Waals surface area contributed by atoms with Gasteiger partial charge >= 0.3 is 0 Å². The Morgan fingerprint density at radius 3 is 2.52 bits per heavy atom. The number of hydrogen-bond donors (Lipinski definition) is 1. The number of hydrogen-bond acceptors (Lipinski definition) is 4. The first kappa shape index (κ1) is 13.6. The average Bonchev–Trinajstić information content (AvgIpc) is 3.10. The fourth-order valence-electron chi connectivity index (χ4n) is 2.72. The van der Waals surface area contributed by atoms with Gasteiger partial charge in [-0.15, -0.1) is 0 Å². The Morgan fingerprint density at radius 2 is 1.95 bits per heavy atom. The van der Waals surface area contributed by atoms with Crippen LogP contribution in [-0.2, 0) is 5.41 Å². The summed E-state index contributed by atoms with van der Waals surface area (Å²) in [6.07, 6.45) is 1.83. The van der Waals surface area contributed by atoms with E-state index in [1.165, 1.54) is 0 Å². The molecule has 1 aromatic heterocycles. The number of aliphatic imine (C=N–C) groups is 1. The summed E-state index contributed by atoms with van der Waals surface area (Å²) >= 11 is 0. The van der Waals surface area contributed by atoms with Crippen LogP contribution in [0.5, 0.6) is 5.75 Å². The maximum atomic E-state index is 5.25. The summed E-state index contributed by atoms with van der Waals surface area (Å²) in [5.74, 6) is 1.83. The number of ether oxygens (including phenoxy) is 1. The first-order valence-electron chi connectivity index (χ1n) is 7.10. The third-order valence-electron chi connectivity index (χ3n) is 3.99. The van der Waals surface area contributed by atoms with Crippen molar-refractivity contribution in [1.29, 1.82) is 0 Å². The maximum Gasteiger partial charge on any atom is 0.118 e. The van der Waals surface area contributed by atoms with E-state index < -0.39 is 0 Å². The van der Waals surface area contributed by atoms with Crippen LogP contribution in [0.3, 0.4) is 0 Å². The van der Waals surface area contributed by atoms with Gasteiger partial charge in [-0.3, -0.25) is 9.98 Å². The van der Waals surface area contributed by atoms with Crippen LogP contribution in [0.2, 0.25) is 0 Å². The van der Waals surface area contributed by atoms with Crippen molar-refractivity contribution >= 4 is 5.84 Å². The van der Waals surface area contributed by atoms with Gasteiger partial charge in [-0.2, -0.15) is 0 Å². The van der Waals surface area contributed by atoms with Gasteiger partial charge in [-0.05, 0) is 36.8 Å². The Balaban J connectivity index is 2.11. The van der Waals surface area contributed by atoms with Crippen LogP contribution in [-0.4, -0.2) is 31.0 Å². The van der Waals surface area contributed by atoms with Gasteiger partial charge in [0.05, 0.1) is 24.8 Å². The molecule has 0 amide bonds. The highest BCUT2D eigenvalue weighted by Gasteiger charge is 2.37. The standard InChI is InChI=1S/C17H19N3O/c1-17(16-19-11-12-20-16,15-5-3-4-10-18-15)13-6-8-14(21-2)9-7-13/h3-10H,11-12H2,1-2H3,(H,19,20). The second kappa shape index (κ2) is 5.56. The maximum absolute atomic E-state index is 5.25. The monoisotopic (exact) mass is 281 g/mol. The smallest absolute Gasteiger partial charge is 0.118 e. The SMILES string of the molecule is COc1ccc(C(C)(C2=NCCN2)c2ccccn2)cc1. The summed E-state index contributed by atoms with van der Waals surface area (Å²) in [6, 6.07) is 14.1. The molecule has 4 heteroatoms. The first-order valence-corrected chi connectivity index (χ1v) is 7.10. The minimum absolute atomic E-state index is 0.371. The van der Waals surface area contributed by atoms with Crippen LogP contribution in [0, 0.1) is 0 Å². The normalized spacial score (nSPS) is 16.8. The molecule has 3 rings (SSSR count). The van der Waals surface area contributed by atoms with Gasteiger partial charge in [-0.25, -0.2) is 0 Å². The van der Waals surface area contributed by atoms with E-state index >= 15 is 0 Å². The highest BCUT2D eigenvalue weighted by Crippen LogP contribution is 2.33. The van der Waals surface area contributed by atoms with Crippen molar-refractivity contribution in [3.63, 3.8) is 0 Å². The lowest BCUT2D eigenvalue weighted by atomic mass is 9.77. The molecule has 0 saturated heterocycles. The first-order chi connectivity index (χ1) is 10.2. The average molecular weight is 281 g/mol. The number of rotatable bonds is 4. The molecule has 0 bridgehead atoms. The van der Waals surface area contributed by atoms with E-state index in [1.807, 2.05) is 36.5 Å². The molecular formula is C17H19N3O.